The highest BCUT2D eigenvalue weighted by Crippen LogP contribution is 2.44. The highest BCUT2D eigenvalue weighted by Gasteiger charge is 2.37. The van der Waals surface area contributed by atoms with Gasteiger partial charge in [-0.1, -0.05) is 19.0 Å². The van der Waals surface area contributed by atoms with Crippen LogP contribution in [-0.2, 0) is 0 Å². The summed E-state index contributed by atoms with van der Waals surface area (Å²) in [6, 6.07) is 0. The van der Waals surface area contributed by atoms with E-state index < -0.39 is 0 Å². The third-order valence-electron chi connectivity index (χ3n) is 2.16. The van der Waals surface area contributed by atoms with Gasteiger partial charge < -0.3 is 0 Å². The molecule has 0 spiro atoms. The molecule has 1 aliphatic heterocycles. The van der Waals surface area contributed by atoms with E-state index in [2.05, 4.69) is 23.9 Å². The highest BCUT2D eigenvalue weighted by molar-refractivity contribution is 8.07. The SMILES string of the molecule is CC[C@@]1(N=[N+]=[N-])SCCS[C@H]1C. The summed E-state index contributed by atoms with van der Waals surface area (Å²) >= 11 is 3.71. The van der Waals surface area contributed by atoms with Crippen LogP contribution in [0.4, 0.5) is 0 Å². The molecule has 0 bridgehead atoms. The van der Waals surface area contributed by atoms with Crippen molar-refractivity contribution in [2.45, 2.75) is 30.4 Å². The molecule has 0 aromatic carbocycles. The lowest BCUT2D eigenvalue weighted by molar-refractivity contribution is 0.578. The van der Waals surface area contributed by atoms with Crippen molar-refractivity contribution < 1.29 is 0 Å². The average molecular weight is 203 g/mol. The van der Waals surface area contributed by atoms with Gasteiger partial charge in [-0.05, 0) is 12.0 Å². The maximum atomic E-state index is 8.47. The van der Waals surface area contributed by atoms with Gasteiger partial charge in [-0.25, -0.2) is 0 Å². The molecule has 5 heteroatoms. The number of hydrogen-bond donors (Lipinski definition) is 0. The van der Waals surface area contributed by atoms with Crippen LogP contribution in [-0.4, -0.2) is 21.6 Å². The van der Waals surface area contributed by atoms with Crippen molar-refractivity contribution in [3.63, 3.8) is 0 Å². The smallest absolute Gasteiger partial charge is 0.106 e. The zero-order valence-electron chi connectivity index (χ0n) is 7.36. The van der Waals surface area contributed by atoms with E-state index in [0.29, 0.717) is 5.25 Å². The van der Waals surface area contributed by atoms with E-state index in [1.54, 1.807) is 11.8 Å². The Morgan fingerprint density at radius 1 is 1.67 bits per heavy atom. The predicted molar refractivity (Wildman–Crippen MR) is 56.5 cm³/mol. The Hall–Kier alpha value is 0.0100. The summed E-state index contributed by atoms with van der Waals surface area (Å²) in [6.07, 6.45) is 0.926. The summed E-state index contributed by atoms with van der Waals surface area (Å²) in [6.45, 7) is 4.24. The molecule has 1 heterocycles. The fourth-order valence-electron chi connectivity index (χ4n) is 1.34. The van der Waals surface area contributed by atoms with Crippen LogP contribution in [0.25, 0.3) is 10.4 Å². The molecule has 0 aromatic rings. The Labute approximate surface area is 81.3 Å². The van der Waals surface area contributed by atoms with E-state index in [0.717, 1.165) is 12.2 Å². The standard InChI is InChI=1S/C7H13N3S2/c1-3-7(9-10-8)6(2)11-4-5-12-7/h6H,3-5H2,1-2H3/t6-,7+/m0/s1. The first-order valence-electron chi connectivity index (χ1n) is 4.07. The molecule has 3 nitrogen and oxygen atoms in total. The lowest BCUT2D eigenvalue weighted by atomic mass is 10.2. The van der Waals surface area contributed by atoms with Crippen molar-refractivity contribution in [2.75, 3.05) is 11.5 Å². The maximum absolute atomic E-state index is 8.47. The van der Waals surface area contributed by atoms with Crippen LogP contribution in [0, 0.1) is 0 Å². The molecule has 0 amide bonds. The summed E-state index contributed by atoms with van der Waals surface area (Å²) < 4.78 is 0. The van der Waals surface area contributed by atoms with Crippen LogP contribution in [0.3, 0.4) is 0 Å². The number of nitrogens with zero attached hydrogens (tertiary/aromatic N) is 3. The molecule has 0 radical (unpaired) electrons. The molecule has 0 N–H and O–H groups in total. The molecule has 1 saturated heterocycles. The fourth-order valence-corrected chi connectivity index (χ4v) is 4.18. The maximum Gasteiger partial charge on any atom is 0.106 e. The van der Waals surface area contributed by atoms with Crippen molar-refractivity contribution >= 4 is 23.5 Å². The predicted octanol–water partition coefficient (Wildman–Crippen LogP) is 3.27. The summed E-state index contributed by atoms with van der Waals surface area (Å²) in [5.74, 6) is 2.27. The topological polar surface area (TPSA) is 48.8 Å². The minimum Gasteiger partial charge on any atom is -0.156 e. The number of thioether (sulfide) groups is 2. The van der Waals surface area contributed by atoms with Crippen LogP contribution in [0.1, 0.15) is 20.3 Å². The Balaban J connectivity index is 2.80. The van der Waals surface area contributed by atoms with E-state index in [4.69, 9.17) is 5.53 Å². The Morgan fingerprint density at radius 2 is 2.42 bits per heavy atom. The number of rotatable bonds is 2. The number of hydrogen-bond acceptors (Lipinski definition) is 3. The molecule has 1 aliphatic rings. The summed E-state index contributed by atoms with van der Waals surface area (Å²) in [7, 11) is 0. The van der Waals surface area contributed by atoms with Gasteiger partial charge in [0.05, 0.1) is 0 Å². The Bertz CT molecular complexity index is 203. The number of azide groups is 1. The normalized spacial score (nSPS) is 35.7. The first-order chi connectivity index (χ1) is 5.75. The molecule has 0 aromatic heterocycles. The molecule has 0 aliphatic carbocycles. The van der Waals surface area contributed by atoms with Gasteiger partial charge in [-0.2, -0.15) is 11.8 Å². The second kappa shape index (κ2) is 4.30. The highest BCUT2D eigenvalue weighted by atomic mass is 32.2. The molecule has 2 atom stereocenters. The van der Waals surface area contributed by atoms with E-state index >= 15 is 0 Å². The van der Waals surface area contributed by atoms with Gasteiger partial charge in [0, 0.05) is 21.7 Å². The van der Waals surface area contributed by atoms with Gasteiger partial charge in [0.1, 0.15) is 4.87 Å². The quantitative estimate of drug-likeness (QED) is 0.393. The first-order valence-corrected chi connectivity index (χ1v) is 6.10. The van der Waals surface area contributed by atoms with Crippen molar-refractivity contribution in [3.05, 3.63) is 10.4 Å². The van der Waals surface area contributed by atoms with Gasteiger partial charge in [-0.3, -0.25) is 0 Å². The molecular formula is C7H13N3S2. The second-order valence-electron chi connectivity index (χ2n) is 2.75. The van der Waals surface area contributed by atoms with Crippen molar-refractivity contribution in [1.29, 1.82) is 0 Å². The van der Waals surface area contributed by atoms with Crippen LogP contribution in [0.5, 0.6) is 0 Å². The van der Waals surface area contributed by atoms with Crippen molar-refractivity contribution in [3.8, 4) is 0 Å². The van der Waals surface area contributed by atoms with E-state index in [9.17, 15) is 0 Å². The first kappa shape index (κ1) is 10.1. The molecule has 12 heavy (non-hydrogen) atoms. The van der Waals surface area contributed by atoms with Crippen LogP contribution >= 0.6 is 23.5 Å². The minimum absolute atomic E-state index is 0.183. The van der Waals surface area contributed by atoms with Crippen molar-refractivity contribution in [1.82, 2.24) is 0 Å². The fraction of sp³-hybridized carbons (Fsp3) is 1.00. The third-order valence-corrected chi connectivity index (χ3v) is 5.53. The lowest BCUT2D eigenvalue weighted by Gasteiger charge is -2.36. The zero-order chi connectivity index (χ0) is 9.03. The molecule has 0 saturated carbocycles. The minimum atomic E-state index is -0.183. The summed E-state index contributed by atoms with van der Waals surface area (Å²) in [5.41, 5.74) is 8.47. The molecule has 1 fully saturated rings. The Kier molecular flexibility index (Phi) is 3.62. The van der Waals surface area contributed by atoms with Gasteiger partial charge in [0.25, 0.3) is 0 Å². The van der Waals surface area contributed by atoms with Crippen LogP contribution in [0.2, 0.25) is 0 Å². The molecule has 68 valence electrons. The second-order valence-corrected chi connectivity index (χ2v) is 5.60. The average Bonchev–Trinajstić information content (AvgIpc) is 2.10. The molecule has 1 rings (SSSR count). The van der Waals surface area contributed by atoms with Crippen LogP contribution < -0.4 is 0 Å². The largest absolute Gasteiger partial charge is 0.156 e. The molecule has 0 unspecified atom stereocenters. The van der Waals surface area contributed by atoms with Crippen molar-refractivity contribution in [2.24, 2.45) is 5.11 Å². The van der Waals surface area contributed by atoms with Gasteiger partial charge in [0.15, 0.2) is 0 Å². The molecular weight excluding hydrogens is 190 g/mol. The zero-order valence-corrected chi connectivity index (χ0v) is 8.99. The van der Waals surface area contributed by atoms with Gasteiger partial charge >= 0.3 is 0 Å². The lowest BCUT2D eigenvalue weighted by Crippen LogP contribution is -2.35. The van der Waals surface area contributed by atoms with Gasteiger partial charge in [0.2, 0.25) is 0 Å². The van der Waals surface area contributed by atoms with E-state index in [-0.39, 0.29) is 4.87 Å². The van der Waals surface area contributed by atoms with E-state index in [1.807, 2.05) is 11.8 Å². The third kappa shape index (κ3) is 1.84. The van der Waals surface area contributed by atoms with Gasteiger partial charge in [-0.15, -0.1) is 11.8 Å². The van der Waals surface area contributed by atoms with E-state index in [1.165, 1.54) is 5.75 Å². The van der Waals surface area contributed by atoms with Crippen LogP contribution in [0.15, 0.2) is 5.11 Å². The summed E-state index contributed by atoms with van der Waals surface area (Å²) in [5, 5.41) is 4.38. The Morgan fingerprint density at radius 3 is 2.92 bits per heavy atom. The summed E-state index contributed by atoms with van der Waals surface area (Å²) in [4.78, 5) is 2.76. The monoisotopic (exact) mass is 203 g/mol.